The van der Waals surface area contributed by atoms with Crippen molar-refractivity contribution in [3.05, 3.63) is 17.3 Å². The average molecular weight is 195 g/mol. The molecule has 14 heavy (non-hydrogen) atoms. The minimum absolute atomic E-state index is 0.0306. The van der Waals surface area contributed by atoms with Crippen molar-refractivity contribution in [2.75, 3.05) is 0 Å². The third-order valence-electron chi connectivity index (χ3n) is 2.04. The Kier molecular flexibility index (Phi) is 3.09. The average Bonchev–Trinajstić information content (AvgIpc) is 2.45. The molecule has 0 amide bonds. The summed E-state index contributed by atoms with van der Waals surface area (Å²) in [7, 11) is 0. The van der Waals surface area contributed by atoms with Gasteiger partial charge in [-0.25, -0.2) is 4.98 Å². The molecule has 0 saturated carbocycles. The molecule has 1 aromatic heterocycles. The van der Waals surface area contributed by atoms with Gasteiger partial charge in [0.2, 0.25) is 0 Å². The maximum atomic E-state index is 11.8. The number of rotatable bonds is 3. The quantitative estimate of drug-likeness (QED) is 0.696. The second-order valence-corrected chi connectivity index (χ2v) is 4.12. The summed E-state index contributed by atoms with van der Waals surface area (Å²) in [4.78, 5) is 15.9. The molecule has 3 heteroatoms. The summed E-state index contributed by atoms with van der Waals surface area (Å²) in [5.41, 5.74) is 0.507. The van der Waals surface area contributed by atoms with E-state index in [-0.39, 0.29) is 17.6 Å². The van der Waals surface area contributed by atoms with E-state index in [9.17, 15) is 4.79 Å². The van der Waals surface area contributed by atoms with Gasteiger partial charge in [-0.05, 0) is 0 Å². The zero-order valence-corrected chi connectivity index (χ0v) is 9.42. The second kappa shape index (κ2) is 3.95. The molecule has 0 saturated heterocycles. The van der Waals surface area contributed by atoms with E-state index in [2.05, 4.69) is 4.98 Å². The third-order valence-corrected chi connectivity index (χ3v) is 2.04. The van der Waals surface area contributed by atoms with Gasteiger partial charge >= 0.3 is 0 Å². The molecule has 0 aromatic carbocycles. The van der Waals surface area contributed by atoms with Crippen LogP contribution < -0.4 is 0 Å². The van der Waals surface area contributed by atoms with Crippen molar-refractivity contribution in [1.82, 2.24) is 4.98 Å². The smallest absolute Gasteiger partial charge is 0.191 e. The van der Waals surface area contributed by atoms with Crippen molar-refractivity contribution in [2.45, 2.75) is 40.5 Å². The maximum Gasteiger partial charge on any atom is 0.191 e. The van der Waals surface area contributed by atoms with E-state index in [0.29, 0.717) is 17.3 Å². The SMILES string of the molecule is Cc1nc(C(=O)C(C)C)c(C(C)C)o1. The van der Waals surface area contributed by atoms with Crippen molar-refractivity contribution in [1.29, 1.82) is 0 Å². The van der Waals surface area contributed by atoms with Gasteiger partial charge in [0, 0.05) is 18.8 Å². The van der Waals surface area contributed by atoms with Crippen LogP contribution in [0.2, 0.25) is 0 Å². The summed E-state index contributed by atoms with van der Waals surface area (Å²) in [5, 5.41) is 0. The molecule has 78 valence electrons. The molecule has 0 radical (unpaired) electrons. The number of Topliss-reactive ketones (excluding diaryl/α,β-unsaturated/α-hetero) is 1. The number of aromatic nitrogens is 1. The van der Waals surface area contributed by atoms with E-state index in [1.54, 1.807) is 6.92 Å². The molecule has 0 aliphatic carbocycles. The van der Waals surface area contributed by atoms with Gasteiger partial charge in [-0.1, -0.05) is 27.7 Å². The van der Waals surface area contributed by atoms with Crippen LogP contribution in [0.5, 0.6) is 0 Å². The zero-order chi connectivity index (χ0) is 10.9. The number of hydrogen-bond donors (Lipinski definition) is 0. The lowest BCUT2D eigenvalue weighted by Gasteiger charge is -2.04. The van der Waals surface area contributed by atoms with E-state index >= 15 is 0 Å². The molecular weight excluding hydrogens is 178 g/mol. The predicted molar refractivity (Wildman–Crippen MR) is 54.5 cm³/mol. The Hall–Kier alpha value is -1.12. The fourth-order valence-electron chi connectivity index (χ4n) is 1.28. The Bertz CT molecular complexity index is 337. The molecule has 1 heterocycles. The lowest BCUT2D eigenvalue weighted by Crippen LogP contribution is -2.10. The minimum Gasteiger partial charge on any atom is -0.445 e. The monoisotopic (exact) mass is 195 g/mol. The Morgan fingerprint density at radius 2 is 1.86 bits per heavy atom. The van der Waals surface area contributed by atoms with Crippen LogP contribution in [-0.2, 0) is 0 Å². The number of oxazole rings is 1. The molecule has 3 nitrogen and oxygen atoms in total. The van der Waals surface area contributed by atoms with Crippen LogP contribution >= 0.6 is 0 Å². The Balaban J connectivity index is 3.13. The molecule has 0 fully saturated rings. The number of hydrogen-bond acceptors (Lipinski definition) is 3. The summed E-state index contributed by atoms with van der Waals surface area (Å²) >= 11 is 0. The van der Waals surface area contributed by atoms with Crippen molar-refractivity contribution in [3.63, 3.8) is 0 Å². The van der Waals surface area contributed by atoms with Crippen molar-refractivity contribution >= 4 is 5.78 Å². The number of carbonyl (C=O) groups is 1. The number of nitrogens with zero attached hydrogens (tertiary/aromatic N) is 1. The molecule has 1 rings (SSSR count). The summed E-state index contributed by atoms with van der Waals surface area (Å²) in [5.74, 6) is 1.51. The highest BCUT2D eigenvalue weighted by molar-refractivity contribution is 5.96. The van der Waals surface area contributed by atoms with E-state index in [0.717, 1.165) is 0 Å². The molecule has 0 aliphatic heterocycles. The summed E-state index contributed by atoms with van der Waals surface area (Å²) < 4.78 is 5.42. The van der Waals surface area contributed by atoms with Gasteiger partial charge < -0.3 is 4.42 Å². The summed E-state index contributed by atoms with van der Waals surface area (Å²) in [6, 6.07) is 0. The fraction of sp³-hybridized carbons (Fsp3) is 0.636. The Morgan fingerprint density at radius 1 is 1.29 bits per heavy atom. The van der Waals surface area contributed by atoms with Crippen LogP contribution in [0.4, 0.5) is 0 Å². The first-order valence-electron chi connectivity index (χ1n) is 4.95. The van der Waals surface area contributed by atoms with Gasteiger partial charge in [0.05, 0.1) is 0 Å². The van der Waals surface area contributed by atoms with Gasteiger partial charge in [-0.2, -0.15) is 0 Å². The largest absolute Gasteiger partial charge is 0.445 e. The lowest BCUT2D eigenvalue weighted by molar-refractivity contribution is 0.0932. The maximum absolute atomic E-state index is 11.8. The second-order valence-electron chi connectivity index (χ2n) is 4.12. The van der Waals surface area contributed by atoms with Gasteiger partial charge in [0.1, 0.15) is 11.5 Å². The fourth-order valence-corrected chi connectivity index (χ4v) is 1.28. The molecular formula is C11H17NO2. The normalized spacial score (nSPS) is 11.4. The first-order valence-corrected chi connectivity index (χ1v) is 4.95. The summed E-state index contributed by atoms with van der Waals surface area (Å²) in [6.07, 6.45) is 0. The topological polar surface area (TPSA) is 43.1 Å². The molecule has 0 unspecified atom stereocenters. The molecule has 0 spiro atoms. The van der Waals surface area contributed by atoms with Crippen molar-refractivity contribution < 1.29 is 9.21 Å². The highest BCUT2D eigenvalue weighted by Crippen LogP contribution is 2.22. The van der Waals surface area contributed by atoms with Gasteiger partial charge in [-0.15, -0.1) is 0 Å². The van der Waals surface area contributed by atoms with Gasteiger partial charge in [0.15, 0.2) is 11.7 Å². The first kappa shape index (κ1) is 11.0. The van der Waals surface area contributed by atoms with Crippen LogP contribution in [0.15, 0.2) is 4.42 Å². The first-order chi connectivity index (χ1) is 6.43. The van der Waals surface area contributed by atoms with Crippen LogP contribution in [-0.4, -0.2) is 10.8 Å². The van der Waals surface area contributed by atoms with E-state index in [4.69, 9.17) is 4.42 Å². The highest BCUT2D eigenvalue weighted by Gasteiger charge is 2.22. The Morgan fingerprint density at radius 3 is 2.29 bits per heavy atom. The Labute approximate surface area is 84.5 Å². The van der Waals surface area contributed by atoms with E-state index in [1.165, 1.54) is 0 Å². The minimum atomic E-state index is -0.0306. The van der Waals surface area contributed by atoms with Crippen LogP contribution in [0.1, 0.15) is 55.8 Å². The van der Waals surface area contributed by atoms with Crippen LogP contribution in [0.3, 0.4) is 0 Å². The standard InChI is InChI=1S/C11H17NO2/c1-6(2)10(13)9-11(7(3)4)14-8(5)12-9/h6-7H,1-5H3. The molecule has 0 N–H and O–H groups in total. The zero-order valence-electron chi connectivity index (χ0n) is 9.42. The van der Waals surface area contributed by atoms with Gasteiger partial charge in [-0.3, -0.25) is 4.79 Å². The van der Waals surface area contributed by atoms with Gasteiger partial charge in [0.25, 0.3) is 0 Å². The summed E-state index contributed by atoms with van der Waals surface area (Å²) in [6.45, 7) is 9.50. The molecule has 0 atom stereocenters. The predicted octanol–water partition coefficient (Wildman–Crippen LogP) is 2.95. The number of carbonyl (C=O) groups excluding carboxylic acids is 1. The third kappa shape index (κ3) is 2.03. The lowest BCUT2D eigenvalue weighted by atomic mass is 10.0. The molecule has 0 aliphatic rings. The number of aryl methyl sites for hydroxylation is 1. The van der Waals surface area contributed by atoms with Crippen LogP contribution in [0.25, 0.3) is 0 Å². The number of ketones is 1. The van der Waals surface area contributed by atoms with Crippen molar-refractivity contribution in [3.8, 4) is 0 Å². The van der Waals surface area contributed by atoms with E-state index in [1.807, 2.05) is 27.7 Å². The molecule has 0 bridgehead atoms. The van der Waals surface area contributed by atoms with Crippen LogP contribution in [0, 0.1) is 12.8 Å². The highest BCUT2D eigenvalue weighted by atomic mass is 16.4. The van der Waals surface area contributed by atoms with E-state index < -0.39 is 0 Å². The molecule has 1 aromatic rings. The van der Waals surface area contributed by atoms with Crippen molar-refractivity contribution in [2.24, 2.45) is 5.92 Å².